The summed E-state index contributed by atoms with van der Waals surface area (Å²) in [5.74, 6) is -1.73. The number of nitrogens with zero attached hydrogens (tertiary/aromatic N) is 7. The minimum absolute atomic E-state index is 0.0244. The Morgan fingerprint density at radius 1 is 0.915 bits per heavy atom. The Morgan fingerprint density at radius 3 is 2.27 bits per heavy atom. The number of carbonyl (C=O) groups excluding carboxylic acids is 6. The molecule has 1 aliphatic heterocycles. The van der Waals surface area contributed by atoms with E-state index in [1.54, 1.807) is 53.1 Å². The third-order valence-electron chi connectivity index (χ3n) is 11.9. The van der Waals surface area contributed by atoms with Gasteiger partial charge in [0.1, 0.15) is 18.4 Å². The smallest absolute Gasteiger partial charge is 0.273 e. The number of β-amino-alcohol motifs (C(OH)–C–C–N with tert-alkyl or cyclic N) is 1. The van der Waals surface area contributed by atoms with E-state index in [2.05, 4.69) is 57.2 Å². The lowest BCUT2D eigenvalue weighted by molar-refractivity contribution is -0.144. The van der Waals surface area contributed by atoms with E-state index in [0.717, 1.165) is 21.7 Å². The van der Waals surface area contributed by atoms with Crippen LogP contribution in [0.25, 0.3) is 21.8 Å². The van der Waals surface area contributed by atoms with Crippen molar-refractivity contribution in [2.75, 3.05) is 37.9 Å². The fourth-order valence-corrected chi connectivity index (χ4v) is 8.91. The molecule has 6 rings (SSSR count). The van der Waals surface area contributed by atoms with E-state index in [1.807, 2.05) is 58.9 Å². The number of ether oxygens (including phenoxy) is 1. The van der Waals surface area contributed by atoms with Crippen LogP contribution in [0, 0.1) is 12.3 Å². The van der Waals surface area contributed by atoms with E-state index < -0.39 is 41.3 Å². The van der Waals surface area contributed by atoms with Gasteiger partial charge < -0.3 is 46.6 Å². The summed E-state index contributed by atoms with van der Waals surface area (Å²) in [4.78, 5) is 90.3. The lowest BCUT2D eigenvalue weighted by atomic mass is 9.85. The number of amides is 6. The third-order valence-corrected chi connectivity index (χ3v) is 12.9. The van der Waals surface area contributed by atoms with Crippen LogP contribution in [0.5, 0.6) is 5.75 Å². The summed E-state index contributed by atoms with van der Waals surface area (Å²) in [6.45, 7) is 8.96. The van der Waals surface area contributed by atoms with Crippen molar-refractivity contribution in [3.05, 3.63) is 77.3 Å². The van der Waals surface area contributed by atoms with Crippen LogP contribution in [0.4, 0.5) is 17.2 Å². The molecule has 5 aromatic rings. The number of thiazole rings is 1. The number of hydrogen-bond acceptors (Lipinski definition) is 15. The molecule has 1 fully saturated rings. The maximum absolute atomic E-state index is 14.1. The zero-order valence-corrected chi connectivity index (χ0v) is 42.1. The summed E-state index contributed by atoms with van der Waals surface area (Å²) in [5, 5.41) is 39.8. The summed E-state index contributed by atoms with van der Waals surface area (Å²) in [6.07, 6.45) is 3.33. The van der Waals surface area contributed by atoms with Crippen molar-refractivity contribution in [2.24, 2.45) is 12.5 Å². The highest BCUT2D eigenvalue weighted by atomic mass is 32.1. The number of aliphatic hydroxyl groups is 1. The van der Waals surface area contributed by atoms with Gasteiger partial charge in [-0.25, -0.2) is 9.97 Å². The molecule has 1 aliphatic rings. The van der Waals surface area contributed by atoms with Crippen LogP contribution in [-0.2, 0) is 31.0 Å². The Bertz CT molecular complexity index is 2700. The molecular weight excluding hydrogens is 931 g/mol. The second-order valence-electron chi connectivity index (χ2n) is 18.4. The second-order valence-corrected chi connectivity index (χ2v) is 19.3. The molecule has 0 saturated carbocycles. The SMILES string of the molecule is CNC(=O)c1nnc(NC(=O)CNC(=O)CCCCCCC(=O)N[C@H](C(=O)N2C[C@H](O)C[C@H]2C(=O)N[C@@H](C)c2ccc(-c3scnc3C)cc2)C(C)(C)C)cc1Nc1cccc(-c2ncn(C)n2)c1OC. The minimum atomic E-state index is -0.952. The molecule has 4 atom stereocenters. The van der Waals surface area contributed by atoms with E-state index in [-0.39, 0.29) is 73.3 Å². The highest BCUT2D eigenvalue weighted by Crippen LogP contribution is 2.37. The maximum Gasteiger partial charge on any atom is 0.273 e. The number of anilines is 3. The van der Waals surface area contributed by atoms with Gasteiger partial charge in [0.25, 0.3) is 5.91 Å². The van der Waals surface area contributed by atoms with Crippen molar-refractivity contribution in [2.45, 2.75) is 104 Å². The zero-order valence-electron chi connectivity index (χ0n) is 41.3. The first-order valence-electron chi connectivity index (χ1n) is 23.4. The molecule has 2 aromatic carbocycles. The molecule has 0 radical (unpaired) electrons. The predicted octanol–water partition coefficient (Wildman–Crippen LogP) is 4.58. The van der Waals surface area contributed by atoms with Gasteiger partial charge in [-0.05, 0) is 55.4 Å². The van der Waals surface area contributed by atoms with Crippen LogP contribution in [0.2, 0.25) is 0 Å². The number of nitrogens with one attached hydrogen (secondary N) is 6. The highest BCUT2D eigenvalue weighted by Gasteiger charge is 2.44. The van der Waals surface area contributed by atoms with Crippen molar-refractivity contribution in [1.82, 2.24) is 56.1 Å². The quantitative estimate of drug-likeness (QED) is 0.0496. The van der Waals surface area contributed by atoms with Crippen LogP contribution < -0.4 is 36.6 Å². The number of unbranched alkanes of at least 4 members (excludes halogenated alkanes) is 3. The molecule has 0 unspecified atom stereocenters. The molecule has 71 heavy (non-hydrogen) atoms. The summed E-state index contributed by atoms with van der Waals surface area (Å²) < 4.78 is 7.24. The molecular formula is C49H63N13O8S. The van der Waals surface area contributed by atoms with E-state index in [0.29, 0.717) is 48.5 Å². The average molecular weight is 994 g/mol. The number of rotatable bonds is 21. The standard InChI is InChI=1S/C49H63N13O8S/c1-28(30-18-20-31(21-19-30)43-29(2)53-27-71-43)54-46(67)36-22-32(63)25-62(36)48(69)44(49(3,4)5)57-39(65)17-12-10-9-11-16-38(64)51-24-40(66)56-37-23-35(41(59-58-37)47(68)50-6)55-34-15-13-14-33(42(34)70-8)45-52-26-61(7)60-45/h13-15,18-21,23,26-28,32,36,44,63H,9-12,16-17,22,24-25H2,1-8H3,(H,50,68)(H,51,64)(H,54,67)(H,57,65)(H2,55,56,58,66)/t28-,32+,36-,44+/m0/s1. The fourth-order valence-electron chi connectivity index (χ4n) is 8.10. The molecule has 0 bridgehead atoms. The molecule has 6 amide bonds. The predicted molar refractivity (Wildman–Crippen MR) is 267 cm³/mol. The van der Waals surface area contributed by atoms with Gasteiger partial charge in [-0.2, -0.15) is 5.10 Å². The topological polar surface area (TPSA) is 277 Å². The Balaban J connectivity index is 0.927. The van der Waals surface area contributed by atoms with Gasteiger partial charge in [0, 0.05) is 46.0 Å². The van der Waals surface area contributed by atoms with Crippen LogP contribution >= 0.6 is 11.3 Å². The van der Waals surface area contributed by atoms with Crippen LogP contribution in [-0.4, -0.2) is 121 Å². The number of likely N-dealkylation sites (tertiary alicyclic amines) is 1. The summed E-state index contributed by atoms with van der Waals surface area (Å²) in [5.41, 5.74) is 5.20. The van der Waals surface area contributed by atoms with Crippen LogP contribution in [0.1, 0.15) is 100 Å². The Kier molecular flexibility index (Phi) is 17.9. The Hall–Kier alpha value is -7.33. The Morgan fingerprint density at radius 2 is 1.63 bits per heavy atom. The number of para-hydroxylation sites is 1. The number of benzene rings is 2. The van der Waals surface area contributed by atoms with Crippen molar-refractivity contribution in [1.29, 1.82) is 0 Å². The molecule has 1 saturated heterocycles. The summed E-state index contributed by atoms with van der Waals surface area (Å²) in [6, 6.07) is 12.4. The van der Waals surface area contributed by atoms with Gasteiger partial charge >= 0.3 is 0 Å². The van der Waals surface area contributed by atoms with Crippen LogP contribution in [0.15, 0.2) is 60.4 Å². The summed E-state index contributed by atoms with van der Waals surface area (Å²) >= 11 is 1.56. The molecule has 7 N–H and O–H groups in total. The van der Waals surface area contributed by atoms with Gasteiger partial charge in [0.05, 0.1) is 58.8 Å². The molecule has 3 aromatic heterocycles. The van der Waals surface area contributed by atoms with Crippen molar-refractivity contribution in [3.63, 3.8) is 0 Å². The molecule has 0 aliphatic carbocycles. The lowest BCUT2D eigenvalue weighted by Crippen LogP contribution is -2.57. The van der Waals surface area contributed by atoms with Gasteiger partial charge in [0.2, 0.25) is 29.5 Å². The van der Waals surface area contributed by atoms with E-state index >= 15 is 0 Å². The van der Waals surface area contributed by atoms with E-state index in [9.17, 15) is 33.9 Å². The van der Waals surface area contributed by atoms with Crippen LogP contribution in [0.3, 0.4) is 0 Å². The highest BCUT2D eigenvalue weighted by molar-refractivity contribution is 7.13. The Labute approximate surface area is 416 Å². The van der Waals surface area contributed by atoms with Gasteiger partial charge in [-0.3, -0.25) is 33.4 Å². The molecule has 0 spiro atoms. The third kappa shape index (κ3) is 13.9. The number of aliphatic hydroxyl groups excluding tert-OH is 1. The van der Waals surface area contributed by atoms with Crippen molar-refractivity contribution < 1.29 is 38.6 Å². The molecule has 22 heteroatoms. The van der Waals surface area contributed by atoms with Gasteiger partial charge in [-0.15, -0.1) is 21.5 Å². The number of methoxy groups -OCH3 is 1. The zero-order chi connectivity index (χ0) is 51.4. The van der Waals surface area contributed by atoms with E-state index in [1.165, 1.54) is 25.1 Å². The minimum Gasteiger partial charge on any atom is -0.494 e. The normalized spacial score (nSPS) is 15.3. The number of aromatic nitrogens is 6. The fraction of sp³-hybridized carbons (Fsp3) is 0.449. The largest absolute Gasteiger partial charge is 0.494 e. The summed E-state index contributed by atoms with van der Waals surface area (Å²) in [7, 11) is 4.69. The number of aryl methyl sites for hydroxylation is 2. The first kappa shape index (κ1) is 53.0. The maximum atomic E-state index is 14.1. The number of hydrogen-bond donors (Lipinski definition) is 7. The van der Waals surface area contributed by atoms with Gasteiger partial charge in [0.15, 0.2) is 23.1 Å². The van der Waals surface area contributed by atoms with Crippen molar-refractivity contribution in [3.8, 4) is 27.6 Å². The molecule has 21 nitrogen and oxygen atoms in total. The lowest BCUT2D eigenvalue weighted by Gasteiger charge is -2.35. The van der Waals surface area contributed by atoms with Crippen molar-refractivity contribution >= 4 is 64.0 Å². The number of carbonyl (C=O) groups is 6. The first-order chi connectivity index (χ1) is 33.9. The first-order valence-corrected chi connectivity index (χ1v) is 24.3. The molecule has 4 heterocycles. The van der Waals surface area contributed by atoms with E-state index in [4.69, 9.17) is 4.74 Å². The monoisotopic (exact) mass is 993 g/mol. The second kappa shape index (κ2) is 24.0. The molecule has 378 valence electrons. The average Bonchev–Trinajstić information content (AvgIpc) is 4.09. The van der Waals surface area contributed by atoms with Gasteiger partial charge in [-0.1, -0.05) is 63.9 Å².